The van der Waals surface area contributed by atoms with Gasteiger partial charge >= 0.3 is 6.09 Å². The van der Waals surface area contributed by atoms with Crippen molar-refractivity contribution in [3.63, 3.8) is 0 Å². The number of amides is 2. The molecule has 1 aliphatic rings. The highest BCUT2D eigenvalue weighted by molar-refractivity contribution is 7.90. The Bertz CT molecular complexity index is 1300. The van der Waals surface area contributed by atoms with E-state index >= 15 is 0 Å². The highest BCUT2D eigenvalue weighted by atomic mass is 32.2. The standard InChI is InChI=1S/C29H32N2O5S/c1-37(34,35)26-15-12-24(13-16-26)22-30-28(33)36-29(25-10-6-3-7-11-25)18-20-31(21-19-29)27(32)17-14-23-8-4-2-5-9-23/h2-13,15-16H,14,17-22H2,1H3,(H,30,33). The zero-order valence-corrected chi connectivity index (χ0v) is 21.7. The molecule has 0 radical (unpaired) electrons. The second-order valence-corrected chi connectivity index (χ2v) is 11.4. The molecule has 3 aromatic carbocycles. The molecule has 1 fully saturated rings. The van der Waals surface area contributed by atoms with Crippen LogP contribution in [0.2, 0.25) is 0 Å². The van der Waals surface area contributed by atoms with Gasteiger partial charge in [-0.2, -0.15) is 0 Å². The van der Waals surface area contributed by atoms with Gasteiger partial charge in [-0.25, -0.2) is 13.2 Å². The Hall–Kier alpha value is -3.65. The van der Waals surface area contributed by atoms with E-state index in [0.717, 1.165) is 22.9 Å². The highest BCUT2D eigenvalue weighted by Crippen LogP contribution is 2.37. The van der Waals surface area contributed by atoms with Gasteiger partial charge in [0.25, 0.3) is 0 Å². The SMILES string of the molecule is CS(=O)(=O)c1ccc(CNC(=O)OC2(c3ccccc3)CCN(C(=O)CCc3ccccc3)CC2)cc1. The Morgan fingerprint density at radius 3 is 2.05 bits per heavy atom. The minimum atomic E-state index is -3.28. The summed E-state index contributed by atoms with van der Waals surface area (Å²) in [6, 6.07) is 26.0. The molecule has 1 saturated heterocycles. The number of aryl methyl sites for hydroxylation is 1. The van der Waals surface area contributed by atoms with E-state index in [2.05, 4.69) is 5.32 Å². The first-order valence-corrected chi connectivity index (χ1v) is 14.3. The van der Waals surface area contributed by atoms with Crippen molar-refractivity contribution in [2.45, 2.75) is 42.7 Å². The lowest BCUT2D eigenvalue weighted by Crippen LogP contribution is -2.48. The van der Waals surface area contributed by atoms with Crippen LogP contribution in [-0.2, 0) is 37.9 Å². The van der Waals surface area contributed by atoms with E-state index in [-0.39, 0.29) is 17.3 Å². The summed E-state index contributed by atoms with van der Waals surface area (Å²) in [5, 5.41) is 2.78. The summed E-state index contributed by atoms with van der Waals surface area (Å²) in [6.45, 7) is 1.21. The molecule has 1 N–H and O–H groups in total. The summed E-state index contributed by atoms with van der Waals surface area (Å²) in [6.07, 6.45) is 2.75. The zero-order valence-electron chi connectivity index (χ0n) is 20.9. The number of likely N-dealkylation sites (tertiary alicyclic amines) is 1. The molecule has 2 amide bonds. The third-order valence-electron chi connectivity index (χ3n) is 6.77. The Labute approximate surface area is 218 Å². The molecule has 0 spiro atoms. The normalized spacial score (nSPS) is 15.1. The molecule has 194 valence electrons. The number of carbonyl (C=O) groups excluding carboxylic acids is 2. The van der Waals surface area contributed by atoms with Gasteiger partial charge in [-0.15, -0.1) is 0 Å². The molecule has 7 nitrogen and oxygen atoms in total. The van der Waals surface area contributed by atoms with Crippen LogP contribution >= 0.6 is 0 Å². The van der Waals surface area contributed by atoms with Crippen LogP contribution in [0.1, 0.15) is 36.0 Å². The first-order chi connectivity index (χ1) is 17.7. The summed E-state index contributed by atoms with van der Waals surface area (Å²) in [7, 11) is -3.28. The first-order valence-electron chi connectivity index (χ1n) is 12.4. The van der Waals surface area contributed by atoms with E-state index in [1.54, 1.807) is 12.1 Å². The molecule has 3 aromatic rings. The van der Waals surface area contributed by atoms with Gasteiger partial charge in [0.2, 0.25) is 5.91 Å². The number of sulfone groups is 1. The summed E-state index contributed by atoms with van der Waals surface area (Å²) >= 11 is 0. The summed E-state index contributed by atoms with van der Waals surface area (Å²) in [5.74, 6) is 0.104. The van der Waals surface area contributed by atoms with Crippen molar-refractivity contribution in [2.24, 2.45) is 0 Å². The molecule has 4 rings (SSSR count). The van der Waals surface area contributed by atoms with Gasteiger partial charge in [-0.1, -0.05) is 72.8 Å². The molecular weight excluding hydrogens is 488 g/mol. The predicted octanol–water partition coefficient (Wildman–Crippen LogP) is 4.47. The molecule has 37 heavy (non-hydrogen) atoms. The Kier molecular flexibility index (Phi) is 8.28. The fourth-order valence-corrected chi connectivity index (χ4v) is 5.24. The van der Waals surface area contributed by atoms with Crippen LogP contribution in [0.15, 0.2) is 89.8 Å². The van der Waals surface area contributed by atoms with Crippen LogP contribution in [-0.4, -0.2) is 44.7 Å². The quantitative estimate of drug-likeness (QED) is 0.473. The van der Waals surface area contributed by atoms with Crippen molar-refractivity contribution in [2.75, 3.05) is 19.3 Å². The number of nitrogens with zero attached hydrogens (tertiary/aromatic N) is 1. The smallest absolute Gasteiger partial charge is 0.408 e. The largest absolute Gasteiger partial charge is 0.438 e. The fraction of sp³-hybridized carbons (Fsp3) is 0.310. The summed E-state index contributed by atoms with van der Waals surface area (Å²) < 4.78 is 29.3. The van der Waals surface area contributed by atoms with Gasteiger partial charge < -0.3 is 15.0 Å². The zero-order chi connectivity index (χ0) is 26.3. The lowest BCUT2D eigenvalue weighted by atomic mass is 9.84. The lowest BCUT2D eigenvalue weighted by molar-refractivity contribution is -0.135. The Morgan fingerprint density at radius 1 is 0.865 bits per heavy atom. The van der Waals surface area contributed by atoms with E-state index in [9.17, 15) is 18.0 Å². The molecule has 0 atom stereocenters. The minimum absolute atomic E-state index is 0.104. The van der Waals surface area contributed by atoms with E-state index < -0.39 is 21.5 Å². The van der Waals surface area contributed by atoms with Crippen LogP contribution in [0, 0.1) is 0 Å². The number of carbonyl (C=O) groups is 2. The van der Waals surface area contributed by atoms with Gasteiger partial charge in [0.05, 0.1) is 4.90 Å². The second-order valence-electron chi connectivity index (χ2n) is 9.39. The third-order valence-corrected chi connectivity index (χ3v) is 7.90. The number of hydrogen-bond donors (Lipinski definition) is 1. The van der Waals surface area contributed by atoms with Crippen LogP contribution in [0.5, 0.6) is 0 Å². The number of rotatable bonds is 8. The number of alkyl carbamates (subject to hydrolysis) is 1. The molecule has 0 unspecified atom stereocenters. The Balaban J connectivity index is 1.37. The molecule has 0 aliphatic carbocycles. The summed E-state index contributed by atoms with van der Waals surface area (Å²) in [5.41, 5.74) is 1.97. The van der Waals surface area contributed by atoms with Gasteiger partial charge in [0.15, 0.2) is 9.84 Å². The maximum absolute atomic E-state index is 12.9. The van der Waals surface area contributed by atoms with Gasteiger partial charge in [0.1, 0.15) is 5.60 Å². The molecule has 8 heteroatoms. The number of piperidine rings is 1. The van der Waals surface area contributed by atoms with Gasteiger partial charge in [-0.05, 0) is 35.2 Å². The topological polar surface area (TPSA) is 92.8 Å². The lowest BCUT2D eigenvalue weighted by Gasteiger charge is -2.41. The van der Waals surface area contributed by atoms with Crippen molar-refractivity contribution in [3.05, 3.63) is 102 Å². The fourth-order valence-electron chi connectivity index (χ4n) is 4.61. The van der Waals surface area contributed by atoms with Crippen molar-refractivity contribution in [3.8, 4) is 0 Å². The highest BCUT2D eigenvalue weighted by Gasteiger charge is 2.40. The monoisotopic (exact) mass is 520 g/mol. The van der Waals surface area contributed by atoms with Gasteiger partial charge in [-0.3, -0.25) is 4.79 Å². The Morgan fingerprint density at radius 2 is 1.46 bits per heavy atom. The molecule has 1 aliphatic heterocycles. The molecular formula is C29H32N2O5S. The van der Waals surface area contributed by atoms with E-state index in [0.29, 0.717) is 38.8 Å². The minimum Gasteiger partial charge on any atom is -0.438 e. The van der Waals surface area contributed by atoms with E-state index in [1.165, 1.54) is 12.1 Å². The maximum atomic E-state index is 12.9. The van der Waals surface area contributed by atoms with Crippen molar-refractivity contribution in [1.29, 1.82) is 0 Å². The maximum Gasteiger partial charge on any atom is 0.408 e. The third kappa shape index (κ3) is 6.98. The number of benzene rings is 3. The molecule has 0 saturated carbocycles. The average Bonchev–Trinajstić information content (AvgIpc) is 2.92. The molecule has 0 bridgehead atoms. The van der Waals surface area contributed by atoms with Crippen LogP contribution in [0.3, 0.4) is 0 Å². The van der Waals surface area contributed by atoms with Crippen LogP contribution in [0.4, 0.5) is 4.79 Å². The van der Waals surface area contributed by atoms with Crippen molar-refractivity contribution in [1.82, 2.24) is 10.2 Å². The first kappa shape index (κ1) is 26.4. The predicted molar refractivity (Wildman–Crippen MR) is 142 cm³/mol. The average molecular weight is 521 g/mol. The molecule has 0 aromatic heterocycles. The second kappa shape index (κ2) is 11.6. The van der Waals surface area contributed by atoms with Crippen LogP contribution < -0.4 is 5.32 Å². The van der Waals surface area contributed by atoms with E-state index in [1.807, 2.05) is 65.6 Å². The number of nitrogens with one attached hydrogen (secondary N) is 1. The molecule has 1 heterocycles. The number of ether oxygens (including phenoxy) is 1. The van der Waals surface area contributed by atoms with Gasteiger partial charge in [0, 0.05) is 45.2 Å². The van der Waals surface area contributed by atoms with Crippen molar-refractivity contribution < 1.29 is 22.7 Å². The van der Waals surface area contributed by atoms with E-state index in [4.69, 9.17) is 4.74 Å². The van der Waals surface area contributed by atoms with Crippen LogP contribution in [0.25, 0.3) is 0 Å². The van der Waals surface area contributed by atoms with Crippen molar-refractivity contribution >= 4 is 21.8 Å². The summed E-state index contributed by atoms with van der Waals surface area (Å²) in [4.78, 5) is 27.8. The number of hydrogen-bond acceptors (Lipinski definition) is 5.